The monoisotopic (exact) mass is 233 g/mol. The number of anilines is 1. The Morgan fingerprint density at radius 3 is 2.94 bits per heavy atom. The number of hydrogen-bond acceptors (Lipinski definition) is 4. The maximum absolute atomic E-state index is 11.4. The molecule has 5 heteroatoms. The molecule has 0 aromatic carbocycles. The highest BCUT2D eigenvalue weighted by molar-refractivity contribution is 5.73. The predicted octanol–water partition coefficient (Wildman–Crippen LogP) is 1.33. The number of pyridine rings is 1. The van der Waals surface area contributed by atoms with Gasteiger partial charge in [-0.1, -0.05) is 0 Å². The van der Waals surface area contributed by atoms with Crippen LogP contribution in [0.5, 0.6) is 0 Å². The molecule has 0 fully saturated rings. The maximum Gasteiger partial charge on any atom is 0.311 e. The number of esters is 1. The van der Waals surface area contributed by atoms with E-state index in [1.807, 2.05) is 29.7 Å². The minimum atomic E-state index is -0.271. The van der Waals surface area contributed by atoms with Crippen molar-refractivity contribution in [2.45, 2.75) is 20.3 Å². The molecule has 0 saturated heterocycles. The summed E-state index contributed by atoms with van der Waals surface area (Å²) in [6.07, 6.45) is 1.99. The summed E-state index contributed by atoms with van der Waals surface area (Å²) in [4.78, 5) is 15.7. The number of aryl methyl sites for hydroxylation is 1. The van der Waals surface area contributed by atoms with Gasteiger partial charge in [0, 0.05) is 11.9 Å². The molecule has 0 radical (unpaired) electrons. The number of imidazole rings is 1. The summed E-state index contributed by atoms with van der Waals surface area (Å²) in [5.74, 6) is -0.271. The number of fused-ring (bicyclic) bond motifs is 1. The van der Waals surface area contributed by atoms with Crippen LogP contribution in [0.25, 0.3) is 5.65 Å². The summed E-state index contributed by atoms with van der Waals surface area (Å²) in [6, 6.07) is 3.73. The molecule has 90 valence electrons. The van der Waals surface area contributed by atoms with Crippen molar-refractivity contribution < 1.29 is 9.53 Å². The van der Waals surface area contributed by atoms with Crippen molar-refractivity contribution in [1.29, 1.82) is 0 Å². The summed E-state index contributed by atoms with van der Waals surface area (Å²) < 4.78 is 6.76. The molecule has 2 N–H and O–H groups in total. The Morgan fingerprint density at radius 1 is 1.53 bits per heavy atom. The van der Waals surface area contributed by atoms with E-state index in [9.17, 15) is 4.79 Å². The SMILES string of the molecule is CCOC(=O)Cc1cn2c(C)ccc(N)c2n1. The largest absolute Gasteiger partial charge is 0.466 e. The maximum atomic E-state index is 11.4. The number of nitrogens with two attached hydrogens (primary N) is 1. The summed E-state index contributed by atoms with van der Waals surface area (Å²) in [7, 11) is 0. The van der Waals surface area contributed by atoms with Crippen LogP contribution < -0.4 is 5.73 Å². The summed E-state index contributed by atoms with van der Waals surface area (Å²) in [5.41, 5.74) is 8.81. The van der Waals surface area contributed by atoms with E-state index in [4.69, 9.17) is 10.5 Å². The molecule has 2 aromatic rings. The van der Waals surface area contributed by atoms with Gasteiger partial charge in [0.25, 0.3) is 0 Å². The standard InChI is InChI=1S/C12H15N3O2/c1-3-17-11(16)6-9-7-15-8(2)4-5-10(13)12(15)14-9/h4-5,7H,3,6,13H2,1-2H3. The zero-order chi connectivity index (χ0) is 12.4. The summed E-state index contributed by atoms with van der Waals surface area (Å²) in [5, 5.41) is 0. The average Bonchev–Trinajstić information content (AvgIpc) is 2.69. The van der Waals surface area contributed by atoms with E-state index < -0.39 is 0 Å². The van der Waals surface area contributed by atoms with Crippen LogP contribution in [0.1, 0.15) is 18.3 Å². The van der Waals surface area contributed by atoms with Crippen molar-refractivity contribution in [3.63, 3.8) is 0 Å². The van der Waals surface area contributed by atoms with Crippen molar-refractivity contribution in [3.8, 4) is 0 Å². The van der Waals surface area contributed by atoms with Gasteiger partial charge in [-0.25, -0.2) is 4.98 Å². The Morgan fingerprint density at radius 2 is 2.29 bits per heavy atom. The zero-order valence-electron chi connectivity index (χ0n) is 9.93. The lowest BCUT2D eigenvalue weighted by Gasteiger charge is -2.00. The van der Waals surface area contributed by atoms with Crippen molar-refractivity contribution in [1.82, 2.24) is 9.38 Å². The van der Waals surface area contributed by atoms with Crippen molar-refractivity contribution >= 4 is 17.3 Å². The molecule has 0 aliphatic carbocycles. The Labute approximate surface area is 99.2 Å². The fourth-order valence-electron chi connectivity index (χ4n) is 1.71. The number of rotatable bonds is 3. The fraction of sp³-hybridized carbons (Fsp3) is 0.333. The molecule has 0 saturated carbocycles. The van der Waals surface area contributed by atoms with E-state index in [1.165, 1.54) is 0 Å². The summed E-state index contributed by atoms with van der Waals surface area (Å²) in [6.45, 7) is 4.12. The molecule has 2 aromatic heterocycles. The van der Waals surface area contributed by atoms with Crippen LogP contribution in [-0.2, 0) is 16.0 Å². The molecular formula is C12H15N3O2. The van der Waals surface area contributed by atoms with Gasteiger partial charge in [-0.05, 0) is 26.0 Å². The quantitative estimate of drug-likeness (QED) is 0.812. The molecule has 2 rings (SSSR count). The van der Waals surface area contributed by atoms with Gasteiger partial charge in [0.05, 0.1) is 24.4 Å². The summed E-state index contributed by atoms with van der Waals surface area (Å²) >= 11 is 0. The second kappa shape index (κ2) is 4.45. The van der Waals surface area contributed by atoms with Gasteiger partial charge >= 0.3 is 5.97 Å². The van der Waals surface area contributed by atoms with E-state index in [1.54, 1.807) is 6.92 Å². The molecule has 0 atom stereocenters. The topological polar surface area (TPSA) is 69.6 Å². The first-order valence-electron chi connectivity index (χ1n) is 5.50. The van der Waals surface area contributed by atoms with E-state index in [0.29, 0.717) is 23.6 Å². The lowest BCUT2D eigenvalue weighted by Crippen LogP contribution is -2.07. The van der Waals surface area contributed by atoms with Crippen LogP contribution in [0.2, 0.25) is 0 Å². The van der Waals surface area contributed by atoms with Crippen LogP contribution >= 0.6 is 0 Å². The van der Waals surface area contributed by atoms with Crippen LogP contribution in [-0.4, -0.2) is 22.0 Å². The van der Waals surface area contributed by atoms with Crippen LogP contribution in [0, 0.1) is 6.92 Å². The number of aromatic nitrogens is 2. The van der Waals surface area contributed by atoms with Crippen molar-refractivity contribution in [3.05, 3.63) is 29.7 Å². The number of nitrogen functional groups attached to an aromatic ring is 1. The fourth-order valence-corrected chi connectivity index (χ4v) is 1.71. The number of carbonyl (C=O) groups is 1. The third-order valence-corrected chi connectivity index (χ3v) is 2.53. The molecule has 17 heavy (non-hydrogen) atoms. The Balaban J connectivity index is 2.35. The van der Waals surface area contributed by atoms with E-state index >= 15 is 0 Å². The van der Waals surface area contributed by atoms with Crippen LogP contribution in [0.15, 0.2) is 18.3 Å². The van der Waals surface area contributed by atoms with Gasteiger partial charge in [0.15, 0.2) is 5.65 Å². The molecule has 0 aliphatic heterocycles. The first-order valence-corrected chi connectivity index (χ1v) is 5.50. The van der Waals surface area contributed by atoms with Gasteiger partial charge < -0.3 is 14.9 Å². The molecule has 0 aliphatic rings. The Hall–Kier alpha value is -2.04. The van der Waals surface area contributed by atoms with Crippen molar-refractivity contribution in [2.24, 2.45) is 0 Å². The van der Waals surface area contributed by atoms with Gasteiger partial charge in [-0.3, -0.25) is 4.79 Å². The number of ether oxygens (including phenoxy) is 1. The highest BCUT2D eigenvalue weighted by Crippen LogP contribution is 2.16. The van der Waals surface area contributed by atoms with Gasteiger partial charge in [-0.2, -0.15) is 0 Å². The van der Waals surface area contributed by atoms with Crippen molar-refractivity contribution in [2.75, 3.05) is 12.3 Å². The molecule has 2 heterocycles. The van der Waals surface area contributed by atoms with Gasteiger partial charge in [-0.15, -0.1) is 0 Å². The third-order valence-electron chi connectivity index (χ3n) is 2.53. The lowest BCUT2D eigenvalue weighted by molar-refractivity contribution is -0.142. The smallest absolute Gasteiger partial charge is 0.311 e. The normalized spacial score (nSPS) is 10.7. The third kappa shape index (κ3) is 2.22. The highest BCUT2D eigenvalue weighted by Gasteiger charge is 2.10. The molecule has 0 amide bonds. The lowest BCUT2D eigenvalue weighted by atomic mass is 10.3. The molecule has 5 nitrogen and oxygen atoms in total. The number of hydrogen-bond donors (Lipinski definition) is 1. The van der Waals surface area contributed by atoms with Gasteiger partial charge in [0.2, 0.25) is 0 Å². The Kier molecular flexibility index (Phi) is 2.99. The minimum absolute atomic E-state index is 0.175. The molecule has 0 bridgehead atoms. The van der Waals surface area contributed by atoms with Crippen LogP contribution in [0.3, 0.4) is 0 Å². The van der Waals surface area contributed by atoms with E-state index in [-0.39, 0.29) is 12.4 Å². The number of nitrogens with zero attached hydrogens (tertiary/aromatic N) is 2. The number of carbonyl (C=O) groups excluding carboxylic acids is 1. The highest BCUT2D eigenvalue weighted by atomic mass is 16.5. The first-order chi connectivity index (χ1) is 8.11. The predicted molar refractivity (Wildman–Crippen MR) is 64.7 cm³/mol. The van der Waals surface area contributed by atoms with Gasteiger partial charge in [0.1, 0.15) is 0 Å². The molecule has 0 unspecified atom stereocenters. The second-order valence-corrected chi connectivity index (χ2v) is 3.84. The Bertz CT molecular complexity index is 521. The molecule has 0 spiro atoms. The first kappa shape index (κ1) is 11.4. The van der Waals surface area contributed by atoms with E-state index in [0.717, 1.165) is 5.69 Å². The molecular weight excluding hydrogens is 218 g/mol. The average molecular weight is 233 g/mol. The van der Waals surface area contributed by atoms with Crippen LogP contribution in [0.4, 0.5) is 5.69 Å². The second-order valence-electron chi connectivity index (χ2n) is 3.84. The zero-order valence-corrected chi connectivity index (χ0v) is 9.93. The van der Waals surface area contributed by atoms with E-state index in [2.05, 4.69) is 4.98 Å². The minimum Gasteiger partial charge on any atom is -0.466 e.